The monoisotopic (exact) mass is 345 g/mol. The normalized spacial score (nSPS) is 17.4. The molecule has 0 saturated heterocycles. The number of benzene rings is 2. The molecule has 2 N–H and O–H groups in total. The standard InChI is InChI=1S/C19H23NO3S/c1-15-6-5-7-16(12-15)13-24(22,23)20-14-19(21,18-10-11-18)17-8-3-2-4-9-17/h2-9,12,18,20-21H,10-11,13-14H2,1H3/t19-/m0/s1. The van der Waals surface area contributed by atoms with Crippen LogP contribution in [0.25, 0.3) is 0 Å². The van der Waals surface area contributed by atoms with Crippen molar-refractivity contribution in [1.29, 1.82) is 0 Å². The third-order valence-electron chi connectivity index (χ3n) is 4.53. The minimum absolute atomic E-state index is 0.00975. The Morgan fingerprint density at radius 3 is 2.46 bits per heavy atom. The number of aryl methyl sites for hydroxylation is 1. The highest BCUT2D eigenvalue weighted by Gasteiger charge is 2.45. The van der Waals surface area contributed by atoms with Gasteiger partial charge in [-0.05, 0) is 36.8 Å². The number of rotatable bonds is 7. The third kappa shape index (κ3) is 4.04. The topological polar surface area (TPSA) is 66.4 Å². The molecule has 24 heavy (non-hydrogen) atoms. The highest BCUT2D eigenvalue weighted by Crippen LogP contribution is 2.45. The highest BCUT2D eigenvalue weighted by molar-refractivity contribution is 7.88. The average Bonchev–Trinajstić information content (AvgIpc) is 3.38. The first-order valence-electron chi connectivity index (χ1n) is 8.20. The number of aliphatic hydroxyl groups is 1. The van der Waals surface area contributed by atoms with Crippen LogP contribution >= 0.6 is 0 Å². The van der Waals surface area contributed by atoms with Crippen molar-refractivity contribution in [2.24, 2.45) is 5.92 Å². The SMILES string of the molecule is Cc1cccc(CS(=O)(=O)NC[C@](O)(c2ccccc2)C2CC2)c1. The predicted octanol–water partition coefficient (Wildman–Crippen LogP) is 2.71. The molecule has 1 atom stereocenters. The van der Waals surface area contributed by atoms with Gasteiger partial charge in [0.15, 0.2) is 0 Å². The Kier molecular flexibility index (Phi) is 4.76. The van der Waals surface area contributed by atoms with E-state index >= 15 is 0 Å². The summed E-state index contributed by atoms with van der Waals surface area (Å²) < 4.78 is 27.4. The second-order valence-electron chi connectivity index (χ2n) is 6.63. The number of hydrogen-bond acceptors (Lipinski definition) is 3. The van der Waals surface area contributed by atoms with E-state index in [0.29, 0.717) is 0 Å². The maximum atomic E-state index is 12.4. The van der Waals surface area contributed by atoms with Crippen molar-refractivity contribution < 1.29 is 13.5 Å². The van der Waals surface area contributed by atoms with Crippen LogP contribution in [0.1, 0.15) is 29.5 Å². The maximum Gasteiger partial charge on any atom is 0.215 e. The lowest BCUT2D eigenvalue weighted by Crippen LogP contribution is -2.42. The maximum absolute atomic E-state index is 12.4. The second-order valence-corrected chi connectivity index (χ2v) is 8.44. The van der Waals surface area contributed by atoms with Gasteiger partial charge in [0, 0.05) is 6.54 Å². The zero-order valence-electron chi connectivity index (χ0n) is 13.8. The van der Waals surface area contributed by atoms with Gasteiger partial charge < -0.3 is 5.11 Å². The molecule has 128 valence electrons. The van der Waals surface area contributed by atoms with Crippen LogP contribution in [0.3, 0.4) is 0 Å². The Bertz CT molecular complexity index is 800. The van der Waals surface area contributed by atoms with Gasteiger partial charge in [0.05, 0.1) is 5.75 Å². The molecule has 2 aromatic carbocycles. The fraction of sp³-hybridized carbons (Fsp3) is 0.368. The second kappa shape index (κ2) is 6.67. The van der Waals surface area contributed by atoms with Crippen molar-refractivity contribution in [3.63, 3.8) is 0 Å². The molecule has 0 amide bonds. The highest BCUT2D eigenvalue weighted by atomic mass is 32.2. The van der Waals surface area contributed by atoms with Crippen LogP contribution in [-0.2, 0) is 21.4 Å². The van der Waals surface area contributed by atoms with Gasteiger partial charge >= 0.3 is 0 Å². The summed E-state index contributed by atoms with van der Waals surface area (Å²) in [7, 11) is -3.51. The van der Waals surface area contributed by atoms with Gasteiger partial charge in [-0.25, -0.2) is 13.1 Å². The molecule has 0 spiro atoms. The van der Waals surface area contributed by atoms with Gasteiger partial charge in [0.2, 0.25) is 10.0 Å². The number of sulfonamides is 1. The van der Waals surface area contributed by atoms with Crippen LogP contribution in [0.2, 0.25) is 0 Å². The quantitative estimate of drug-likeness (QED) is 0.811. The molecule has 5 heteroatoms. The molecule has 0 unspecified atom stereocenters. The first kappa shape index (κ1) is 17.1. The first-order valence-corrected chi connectivity index (χ1v) is 9.85. The molecule has 1 saturated carbocycles. The summed E-state index contributed by atoms with van der Waals surface area (Å²) in [6.45, 7) is 1.95. The lowest BCUT2D eigenvalue weighted by Gasteiger charge is -2.29. The molecule has 0 bridgehead atoms. The molecule has 2 aromatic rings. The van der Waals surface area contributed by atoms with Crippen LogP contribution in [-0.4, -0.2) is 20.1 Å². The van der Waals surface area contributed by atoms with E-state index in [2.05, 4.69) is 4.72 Å². The Labute approximate surface area is 143 Å². The minimum Gasteiger partial charge on any atom is -0.383 e. The van der Waals surface area contributed by atoms with Gasteiger partial charge in [-0.15, -0.1) is 0 Å². The lowest BCUT2D eigenvalue weighted by atomic mass is 9.89. The summed E-state index contributed by atoms with van der Waals surface area (Å²) in [6.07, 6.45) is 1.84. The molecule has 4 nitrogen and oxygen atoms in total. The zero-order valence-corrected chi connectivity index (χ0v) is 14.6. The van der Waals surface area contributed by atoms with Crippen LogP contribution in [0, 0.1) is 12.8 Å². The molecule has 0 aromatic heterocycles. The molecule has 1 fully saturated rings. The predicted molar refractivity (Wildman–Crippen MR) is 94.9 cm³/mol. The summed E-state index contributed by atoms with van der Waals surface area (Å²) in [4.78, 5) is 0. The summed E-state index contributed by atoms with van der Waals surface area (Å²) in [5.74, 6) is 0.0334. The van der Waals surface area contributed by atoms with Crippen LogP contribution in [0.5, 0.6) is 0 Å². The zero-order chi connectivity index (χ0) is 17.2. The Hall–Kier alpha value is -1.69. The molecular formula is C19H23NO3S. The summed E-state index contributed by atoms with van der Waals surface area (Å²) >= 11 is 0. The van der Waals surface area contributed by atoms with Gasteiger partial charge in [-0.2, -0.15) is 0 Å². The summed E-state index contributed by atoms with van der Waals surface area (Å²) in [5.41, 5.74) is 1.41. The van der Waals surface area contributed by atoms with Crippen LogP contribution < -0.4 is 4.72 Å². The molecule has 1 aliphatic rings. The molecule has 0 heterocycles. The molecular weight excluding hydrogens is 322 g/mol. The van der Waals surface area contributed by atoms with Gasteiger partial charge in [0.1, 0.15) is 5.60 Å². The third-order valence-corrected chi connectivity index (χ3v) is 5.82. The Morgan fingerprint density at radius 1 is 1.12 bits per heavy atom. The van der Waals surface area contributed by atoms with Crippen LogP contribution in [0.15, 0.2) is 54.6 Å². The Morgan fingerprint density at radius 2 is 1.83 bits per heavy atom. The van der Waals surface area contributed by atoms with Crippen molar-refractivity contribution in [1.82, 2.24) is 4.72 Å². The van der Waals surface area contributed by atoms with Crippen molar-refractivity contribution in [2.75, 3.05) is 6.54 Å². The smallest absolute Gasteiger partial charge is 0.215 e. The van der Waals surface area contributed by atoms with Gasteiger partial charge in [-0.3, -0.25) is 0 Å². The summed E-state index contributed by atoms with van der Waals surface area (Å²) in [6, 6.07) is 16.8. The van der Waals surface area contributed by atoms with E-state index in [1.165, 1.54) is 0 Å². The Balaban J connectivity index is 1.72. The van der Waals surface area contributed by atoms with Gasteiger partial charge in [0.25, 0.3) is 0 Å². The minimum atomic E-state index is -3.51. The fourth-order valence-electron chi connectivity index (χ4n) is 3.06. The van der Waals surface area contributed by atoms with E-state index in [-0.39, 0.29) is 18.2 Å². The van der Waals surface area contributed by atoms with Crippen molar-refractivity contribution >= 4 is 10.0 Å². The van der Waals surface area contributed by atoms with Crippen molar-refractivity contribution in [3.8, 4) is 0 Å². The first-order chi connectivity index (χ1) is 11.4. The lowest BCUT2D eigenvalue weighted by molar-refractivity contribution is 0.0185. The van der Waals surface area contributed by atoms with Crippen LogP contribution in [0.4, 0.5) is 0 Å². The van der Waals surface area contributed by atoms with Crippen molar-refractivity contribution in [3.05, 3.63) is 71.3 Å². The summed E-state index contributed by atoms with van der Waals surface area (Å²) in [5, 5.41) is 11.1. The average molecular weight is 345 g/mol. The number of hydrogen-bond donors (Lipinski definition) is 2. The van der Waals surface area contributed by atoms with Crippen molar-refractivity contribution in [2.45, 2.75) is 31.1 Å². The van der Waals surface area contributed by atoms with E-state index in [1.54, 1.807) is 6.07 Å². The molecule has 3 rings (SSSR count). The van der Waals surface area contributed by atoms with E-state index in [4.69, 9.17) is 0 Å². The number of nitrogens with one attached hydrogen (secondary N) is 1. The fourth-order valence-corrected chi connectivity index (χ4v) is 4.22. The molecule has 0 radical (unpaired) electrons. The van der Waals surface area contributed by atoms with E-state index in [1.807, 2.05) is 55.5 Å². The van der Waals surface area contributed by atoms with E-state index < -0.39 is 15.6 Å². The molecule has 1 aliphatic carbocycles. The van der Waals surface area contributed by atoms with E-state index in [0.717, 1.165) is 29.5 Å². The van der Waals surface area contributed by atoms with Gasteiger partial charge in [-0.1, -0.05) is 60.2 Å². The van der Waals surface area contributed by atoms with E-state index in [9.17, 15) is 13.5 Å². The largest absolute Gasteiger partial charge is 0.383 e. The molecule has 0 aliphatic heterocycles.